The predicted molar refractivity (Wildman–Crippen MR) is 82.9 cm³/mol. The molecule has 0 aliphatic rings. The fraction of sp³-hybridized carbons (Fsp3) is 0.938. The maximum absolute atomic E-state index is 12.4. The fourth-order valence-corrected chi connectivity index (χ4v) is 3.96. The maximum Gasteiger partial charge on any atom is 0.225 e. The first kappa shape index (κ1) is 18.4. The SMILES string of the molecule is CCN(CC)C(C(C)C)C(C(N)=O)(C(C)C)C(C)C. The number of nitrogens with two attached hydrogens (primary N) is 1. The van der Waals surface area contributed by atoms with Crippen LogP contribution in [0.15, 0.2) is 0 Å². The van der Waals surface area contributed by atoms with Crippen molar-refractivity contribution in [3.63, 3.8) is 0 Å². The van der Waals surface area contributed by atoms with Gasteiger partial charge in [0, 0.05) is 6.04 Å². The Morgan fingerprint density at radius 3 is 1.53 bits per heavy atom. The molecule has 0 aliphatic heterocycles. The molecule has 0 aromatic rings. The molecule has 0 bridgehead atoms. The second-order valence-corrected chi connectivity index (χ2v) is 6.52. The molecule has 1 amide bonds. The maximum atomic E-state index is 12.4. The zero-order valence-electron chi connectivity index (χ0n) is 14.2. The minimum atomic E-state index is -0.472. The second kappa shape index (κ2) is 7.28. The molecule has 114 valence electrons. The molecule has 3 nitrogen and oxygen atoms in total. The first-order valence-corrected chi connectivity index (χ1v) is 7.71. The van der Waals surface area contributed by atoms with Crippen LogP contribution in [0.4, 0.5) is 0 Å². The van der Waals surface area contributed by atoms with Crippen LogP contribution in [0.2, 0.25) is 0 Å². The Balaban J connectivity index is 5.95. The van der Waals surface area contributed by atoms with Crippen LogP contribution in [0.3, 0.4) is 0 Å². The monoisotopic (exact) mass is 270 g/mol. The summed E-state index contributed by atoms with van der Waals surface area (Å²) in [6.07, 6.45) is 0. The van der Waals surface area contributed by atoms with E-state index in [9.17, 15) is 4.79 Å². The highest BCUT2D eigenvalue weighted by atomic mass is 16.1. The zero-order valence-corrected chi connectivity index (χ0v) is 14.2. The lowest BCUT2D eigenvalue weighted by molar-refractivity contribution is -0.143. The van der Waals surface area contributed by atoms with Crippen molar-refractivity contribution in [2.24, 2.45) is 28.9 Å². The van der Waals surface area contributed by atoms with Gasteiger partial charge in [0.2, 0.25) is 5.91 Å². The molecule has 0 fully saturated rings. The van der Waals surface area contributed by atoms with Gasteiger partial charge in [-0.2, -0.15) is 0 Å². The molecule has 0 saturated carbocycles. The van der Waals surface area contributed by atoms with E-state index in [1.54, 1.807) is 0 Å². The van der Waals surface area contributed by atoms with Gasteiger partial charge in [0.1, 0.15) is 0 Å². The number of nitrogens with zero attached hydrogens (tertiary/aromatic N) is 1. The number of amides is 1. The lowest BCUT2D eigenvalue weighted by Gasteiger charge is -2.51. The molecule has 3 heteroatoms. The van der Waals surface area contributed by atoms with E-state index in [4.69, 9.17) is 5.73 Å². The Bertz CT molecular complexity index is 272. The Kier molecular flexibility index (Phi) is 7.06. The molecule has 0 spiro atoms. The third kappa shape index (κ3) is 3.31. The molecule has 2 N–H and O–H groups in total. The molecule has 0 radical (unpaired) electrons. The van der Waals surface area contributed by atoms with Crippen molar-refractivity contribution in [2.45, 2.75) is 61.4 Å². The third-order valence-electron chi connectivity index (χ3n) is 4.66. The predicted octanol–water partition coefficient (Wildman–Crippen LogP) is 3.14. The summed E-state index contributed by atoms with van der Waals surface area (Å²) >= 11 is 0. The largest absolute Gasteiger partial charge is 0.369 e. The highest BCUT2D eigenvalue weighted by molar-refractivity contribution is 5.82. The van der Waals surface area contributed by atoms with E-state index in [0.717, 1.165) is 13.1 Å². The van der Waals surface area contributed by atoms with Crippen molar-refractivity contribution in [1.82, 2.24) is 4.90 Å². The van der Waals surface area contributed by atoms with Gasteiger partial charge in [0.15, 0.2) is 0 Å². The van der Waals surface area contributed by atoms with Crippen molar-refractivity contribution in [3.05, 3.63) is 0 Å². The van der Waals surface area contributed by atoms with E-state index in [-0.39, 0.29) is 23.8 Å². The van der Waals surface area contributed by atoms with Crippen LogP contribution < -0.4 is 5.73 Å². The Hall–Kier alpha value is -0.570. The minimum Gasteiger partial charge on any atom is -0.369 e. The van der Waals surface area contributed by atoms with Gasteiger partial charge in [0.05, 0.1) is 5.41 Å². The summed E-state index contributed by atoms with van der Waals surface area (Å²) in [5.74, 6) is 0.719. The van der Waals surface area contributed by atoms with Crippen LogP contribution in [0.5, 0.6) is 0 Å². The topological polar surface area (TPSA) is 46.3 Å². The average molecular weight is 270 g/mol. The molecule has 1 unspecified atom stereocenters. The summed E-state index contributed by atoms with van der Waals surface area (Å²) in [5.41, 5.74) is 5.42. The first-order valence-electron chi connectivity index (χ1n) is 7.71. The van der Waals surface area contributed by atoms with E-state index < -0.39 is 5.41 Å². The number of carbonyl (C=O) groups is 1. The van der Waals surface area contributed by atoms with E-state index in [0.29, 0.717) is 5.92 Å². The molecule has 0 aromatic heterocycles. The number of hydrogen-bond acceptors (Lipinski definition) is 2. The summed E-state index contributed by atoms with van der Waals surface area (Å²) in [6.45, 7) is 19.1. The summed E-state index contributed by atoms with van der Waals surface area (Å²) in [5, 5.41) is 0. The van der Waals surface area contributed by atoms with Gasteiger partial charge in [-0.15, -0.1) is 0 Å². The quantitative estimate of drug-likeness (QED) is 0.736. The fourth-order valence-electron chi connectivity index (χ4n) is 3.96. The average Bonchev–Trinajstić information content (AvgIpc) is 2.27. The van der Waals surface area contributed by atoms with Gasteiger partial charge < -0.3 is 5.73 Å². The molecular formula is C16H34N2O. The van der Waals surface area contributed by atoms with E-state index in [1.165, 1.54) is 0 Å². The molecule has 0 heterocycles. The highest BCUT2D eigenvalue weighted by Gasteiger charge is 2.51. The molecule has 0 rings (SSSR count). The summed E-state index contributed by atoms with van der Waals surface area (Å²) in [7, 11) is 0. The van der Waals surface area contributed by atoms with Crippen molar-refractivity contribution < 1.29 is 4.79 Å². The lowest BCUT2D eigenvalue weighted by Crippen LogP contribution is -2.61. The molecule has 0 saturated heterocycles. The third-order valence-corrected chi connectivity index (χ3v) is 4.66. The van der Waals surface area contributed by atoms with Crippen molar-refractivity contribution in [2.75, 3.05) is 13.1 Å². The smallest absolute Gasteiger partial charge is 0.225 e. The Morgan fingerprint density at radius 2 is 1.37 bits per heavy atom. The van der Waals surface area contributed by atoms with Crippen molar-refractivity contribution in [3.8, 4) is 0 Å². The van der Waals surface area contributed by atoms with Gasteiger partial charge in [-0.25, -0.2) is 0 Å². The van der Waals surface area contributed by atoms with Crippen molar-refractivity contribution >= 4 is 5.91 Å². The van der Waals surface area contributed by atoms with E-state index >= 15 is 0 Å². The van der Waals surface area contributed by atoms with Crippen LogP contribution in [0.1, 0.15) is 55.4 Å². The minimum absolute atomic E-state index is 0.150. The Labute approximate surface area is 119 Å². The van der Waals surface area contributed by atoms with Crippen LogP contribution in [0, 0.1) is 23.2 Å². The van der Waals surface area contributed by atoms with Crippen LogP contribution in [0.25, 0.3) is 0 Å². The van der Waals surface area contributed by atoms with Gasteiger partial charge >= 0.3 is 0 Å². The Morgan fingerprint density at radius 1 is 1.00 bits per heavy atom. The van der Waals surface area contributed by atoms with Crippen LogP contribution in [-0.4, -0.2) is 29.9 Å². The molecule has 19 heavy (non-hydrogen) atoms. The van der Waals surface area contributed by atoms with Gasteiger partial charge in [-0.05, 0) is 30.8 Å². The number of primary amides is 1. The van der Waals surface area contributed by atoms with Gasteiger partial charge in [0.25, 0.3) is 0 Å². The molecule has 0 aliphatic carbocycles. The van der Waals surface area contributed by atoms with Crippen molar-refractivity contribution in [1.29, 1.82) is 0 Å². The summed E-state index contributed by atoms with van der Waals surface area (Å²) in [4.78, 5) is 14.8. The molecule has 0 aromatic carbocycles. The normalized spacial score (nSPS) is 14.7. The highest BCUT2D eigenvalue weighted by Crippen LogP contribution is 2.44. The first-order chi connectivity index (χ1) is 8.67. The number of rotatable bonds is 8. The molecule has 1 atom stereocenters. The zero-order chi connectivity index (χ0) is 15.4. The lowest BCUT2D eigenvalue weighted by atomic mass is 9.60. The standard InChI is InChI=1S/C16H34N2O/c1-9-18(10-2)14(11(3)4)16(12(5)6,13(7)8)15(17)19/h11-14H,9-10H2,1-8H3,(H2,17,19). The van der Waals surface area contributed by atoms with E-state index in [1.807, 2.05) is 0 Å². The van der Waals surface area contributed by atoms with Gasteiger partial charge in [-0.1, -0.05) is 55.4 Å². The number of carbonyl (C=O) groups excluding carboxylic acids is 1. The van der Waals surface area contributed by atoms with Crippen LogP contribution in [-0.2, 0) is 4.79 Å². The van der Waals surface area contributed by atoms with E-state index in [2.05, 4.69) is 60.3 Å². The molecular weight excluding hydrogens is 236 g/mol. The summed E-state index contributed by atoms with van der Waals surface area (Å²) < 4.78 is 0. The number of hydrogen-bond donors (Lipinski definition) is 1. The second-order valence-electron chi connectivity index (χ2n) is 6.52. The summed E-state index contributed by atoms with van der Waals surface area (Å²) in [6, 6.07) is 0.194. The van der Waals surface area contributed by atoms with Crippen LogP contribution >= 0.6 is 0 Å². The van der Waals surface area contributed by atoms with Gasteiger partial charge in [-0.3, -0.25) is 9.69 Å².